The second-order valence-corrected chi connectivity index (χ2v) is 6.22. The second-order valence-electron chi connectivity index (χ2n) is 6.22. The molecule has 24 heavy (non-hydrogen) atoms. The molecule has 1 aromatic carbocycles. The van der Waals surface area contributed by atoms with E-state index in [9.17, 15) is 4.79 Å². The molecule has 0 spiro atoms. The Bertz CT molecular complexity index is 645. The summed E-state index contributed by atoms with van der Waals surface area (Å²) in [5.74, 6) is 0.969. The van der Waals surface area contributed by atoms with Crippen LogP contribution in [0.1, 0.15) is 37.7 Å². The van der Waals surface area contributed by atoms with Gasteiger partial charge in [0, 0.05) is 18.9 Å². The van der Waals surface area contributed by atoms with Gasteiger partial charge in [0.25, 0.3) is 0 Å². The van der Waals surface area contributed by atoms with Gasteiger partial charge < -0.3 is 9.64 Å². The Kier molecular flexibility index (Phi) is 5.47. The summed E-state index contributed by atoms with van der Waals surface area (Å²) in [5.41, 5.74) is 1.10. The van der Waals surface area contributed by atoms with Crippen LogP contribution in [0.4, 0.5) is 0 Å². The maximum atomic E-state index is 13.0. The zero-order valence-electron chi connectivity index (χ0n) is 14.1. The van der Waals surface area contributed by atoms with Gasteiger partial charge in [0.05, 0.1) is 12.5 Å². The largest absolute Gasteiger partial charge is 0.488 e. The van der Waals surface area contributed by atoms with E-state index in [4.69, 9.17) is 4.74 Å². The molecule has 0 bridgehead atoms. The summed E-state index contributed by atoms with van der Waals surface area (Å²) in [4.78, 5) is 19.0. The zero-order valence-corrected chi connectivity index (χ0v) is 14.1. The van der Waals surface area contributed by atoms with Crippen molar-refractivity contribution < 1.29 is 9.53 Å². The number of hydrogen-bond acceptors (Lipinski definition) is 3. The molecule has 4 heteroatoms. The third-order valence-corrected chi connectivity index (χ3v) is 4.55. The van der Waals surface area contributed by atoms with Gasteiger partial charge in [-0.3, -0.25) is 9.78 Å². The summed E-state index contributed by atoms with van der Waals surface area (Å²) in [6.45, 7) is 3.55. The van der Waals surface area contributed by atoms with Gasteiger partial charge in [-0.25, -0.2) is 0 Å². The number of carbonyl (C=O) groups is 1. The zero-order chi connectivity index (χ0) is 16.8. The molecular formula is C20H24N2O2. The van der Waals surface area contributed by atoms with Crippen molar-refractivity contribution in [1.29, 1.82) is 0 Å². The normalized spacial score (nSPS) is 18.9. The predicted molar refractivity (Wildman–Crippen MR) is 93.9 cm³/mol. The first-order valence-electron chi connectivity index (χ1n) is 8.68. The standard InChI is InChI=1S/C20H24N2O2/c1-2-19(16-7-4-3-5-8-16)20(23)22-14-6-9-18(15-22)24-17-10-12-21-13-11-17/h3-5,7-8,10-13,18-19H,2,6,9,14-15H2,1H3. The average Bonchev–Trinajstić information content (AvgIpc) is 2.64. The van der Waals surface area contributed by atoms with Gasteiger partial charge in [0.15, 0.2) is 0 Å². The average molecular weight is 324 g/mol. The van der Waals surface area contributed by atoms with E-state index in [1.54, 1.807) is 12.4 Å². The molecule has 1 fully saturated rings. The van der Waals surface area contributed by atoms with Crippen molar-refractivity contribution in [3.63, 3.8) is 0 Å². The Labute approximate surface area is 143 Å². The summed E-state index contributed by atoms with van der Waals surface area (Å²) in [6, 6.07) is 13.8. The van der Waals surface area contributed by atoms with Gasteiger partial charge >= 0.3 is 0 Å². The molecule has 2 unspecified atom stereocenters. The number of carbonyl (C=O) groups excluding carboxylic acids is 1. The minimum atomic E-state index is -0.0640. The van der Waals surface area contributed by atoms with Crippen molar-refractivity contribution >= 4 is 5.91 Å². The fourth-order valence-corrected chi connectivity index (χ4v) is 3.30. The summed E-state index contributed by atoms with van der Waals surface area (Å²) < 4.78 is 6.02. The van der Waals surface area contributed by atoms with Crippen LogP contribution in [0.25, 0.3) is 0 Å². The highest BCUT2D eigenvalue weighted by Crippen LogP contribution is 2.25. The first-order chi connectivity index (χ1) is 11.8. The Balaban J connectivity index is 1.66. The van der Waals surface area contributed by atoms with E-state index in [1.165, 1.54) is 0 Å². The Morgan fingerprint density at radius 1 is 1.25 bits per heavy atom. The molecule has 4 nitrogen and oxygen atoms in total. The lowest BCUT2D eigenvalue weighted by atomic mass is 9.94. The molecule has 126 valence electrons. The first kappa shape index (κ1) is 16.5. The van der Waals surface area contributed by atoms with Crippen molar-refractivity contribution in [2.75, 3.05) is 13.1 Å². The first-order valence-corrected chi connectivity index (χ1v) is 8.68. The third-order valence-electron chi connectivity index (χ3n) is 4.55. The van der Waals surface area contributed by atoms with Crippen LogP contribution in [-0.4, -0.2) is 35.0 Å². The number of rotatable bonds is 5. The molecule has 0 N–H and O–H groups in total. The molecule has 1 amide bonds. The molecular weight excluding hydrogens is 300 g/mol. The van der Waals surface area contributed by atoms with Crippen LogP contribution in [-0.2, 0) is 4.79 Å². The highest BCUT2D eigenvalue weighted by atomic mass is 16.5. The minimum absolute atomic E-state index is 0.0541. The SMILES string of the molecule is CCC(C(=O)N1CCCC(Oc2ccncc2)C1)c1ccccc1. The topological polar surface area (TPSA) is 42.4 Å². The number of amides is 1. The number of likely N-dealkylation sites (tertiary alicyclic amines) is 1. The Hall–Kier alpha value is -2.36. The molecule has 1 aliphatic heterocycles. The quantitative estimate of drug-likeness (QED) is 0.843. The molecule has 1 aromatic heterocycles. The van der Waals surface area contributed by atoms with Gasteiger partial charge in [-0.05, 0) is 37.0 Å². The van der Waals surface area contributed by atoms with Crippen LogP contribution in [0.3, 0.4) is 0 Å². The second kappa shape index (κ2) is 7.95. The summed E-state index contributed by atoms with van der Waals surface area (Å²) in [6.07, 6.45) is 6.28. The summed E-state index contributed by atoms with van der Waals surface area (Å²) >= 11 is 0. The maximum Gasteiger partial charge on any atom is 0.230 e. The van der Waals surface area contributed by atoms with Crippen LogP contribution in [0.2, 0.25) is 0 Å². The van der Waals surface area contributed by atoms with E-state index in [0.717, 1.165) is 37.1 Å². The van der Waals surface area contributed by atoms with Crippen LogP contribution in [0, 0.1) is 0 Å². The van der Waals surface area contributed by atoms with Crippen LogP contribution in [0.5, 0.6) is 5.75 Å². The van der Waals surface area contributed by atoms with Crippen LogP contribution >= 0.6 is 0 Å². The van der Waals surface area contributed by atoms with Gasteiger partial charge in [0.2, 0.25) is 5.91 Å². The molecule has 2 atom stereocenters. The Morgan fingerprint density at radius 2 is 2.00 bits per heavy atom. The maximum absolute atomic E-state index is 13.0. The van der Waals surface area contributed by atoms with Crippen LogP contribution in [0.15, 0.2) is 54.9 Å². The fraction of sp³-hybridized carbons (Fsp3) is 0.400. The number of benzene rings is 1. The number of pyridine rings is 1. The fourth-order valence-electron chi connectivity index (χ4n) is 3.30. The van der Waals surface area contributed by atoms with E-state index in [-0.39, 0.29) is 17.9 Å². The number of aromatic nitrogens is 1. The lowest BCUT2D eigenvalue weighted by Gasteiger charge is -2.35. The van der Waals surface area contributed by atoms with E-state index in [0.29, 0.717) is 6.54 Å². The van der Waals surface area contributed by atoms with E-state index in [1.807, 2.05) is 47.4 Å². The van der Waals surface area contributed by atoms with Crippen molar-refractivity contribution in [3.8, 4) is 5.75 Å². The van der Waals surface area contributed by atoms with E-state index >= 15 is 0 Å². The van der Waals surface area contributed by atoms with E-state index in [2.05, 4.69) is 11.9 Å². The molecule has 2 heterocycles. The lowest BCUT2D eigenvalue weighted by molar-refractivity contribution is -0.135. The highest BCUT2D eigenvalue weighted by molar-refractivity contribution is 5.83. The van der Waals surface area contributed by atoms with Crippen molar-refractivity contribution in [3.05, 3.63) is 60.4 Å². The van der Waals surface area contributed by atoms with Gasteiger partial charge in [-0.15, -0.1) is 0 Å². The van der Waals surface area contributed by atoms with Gasteiger partial charge in [-0.2, -0.15) is 0 Å². The molecule has 1 aliphatic rings. The summed E-state index contributed by atoms with van der Waals surface area (Å²) in [7, 11) is 0. The number of piperidine rings is 1. The molecule has 0 radical (unpaired) electrons. The number of nitrogens with zero attached hydrogens (tertiary/aromatic N) is 2. The molecule has 0 saturated carbocycles. The van der Waals surface area contributed by atoms with Crippen LogP contribution < -0.4 is 4.74 Å². The molecule has 2 aromatic rings. The molecule has 0 aliphatic carbocycles. The highest BCUT2D eigenvalue weighted by Gasteiger charge is 2.29. The smallest absolute Gasteiger partial charge is 0.230 e. The number of ether oxygens (including phenoxy) is 1. The number of hydrogen-bond donors (Lipinski definition) is 0. The van der Waals surface area contributed by atoms with E-state index < -0.39 is 0 Å². The van der Waals surface area contributed by atoms with Crippen molar-refractivity contribution in [2.45, 2.75) is 38.2 Å². The Morgan fingerprint density at radius 3 is 2.71 bits per heavy atom. The minimum Gasteiger partial charge on any atom is -0.488 e. The predicted octanol–water partition coefficient (Wildman–Crippen LogP) is 3.65. The third kappa shape index (κ3) is 3.94. The van der Waals surface area contributed by atoms with Gasteiger partial charge in [0.1, 0.15) is 11.9 Å². The molecule has 1 saturated heterocycles. The van der Waals surface area contributed by atoms with Gasteiger partial charge in [-0.1, -0.05) is 37.3 Å². The summed E-state index contributed by atoms with van der Waals surface area (Å²) in [5, 5.41) is 0. The monoisotopic (exact) mass is 324 g/mol. The molecule has 3 rings (SSSR count). The van der Waals surface area contributed by atoms with Crippen molar-refractivity contribution in [1.82, 2.24) is 9.88 Å². The lowest BCUT2D eigenvalue weighted by Crippen LogP contribution is -2.46. The van der Waals surface area contributed by atoms with Crippen molar-refractivity contribution in [2.24, 2.45) is 0 Å².